The Morgan fingerprint density at radius 1 is 1.46 bits per heavy atom. The summed E-state index contributed by atoms with van der Waals surface area (Å²) in [6.07, 6.45) is 5.19. The second-order valence-electron chi connectivity index (χ2n) is 2.90. The van der Waals surface area contributed by atoms with Crippen molar-refractivity contribution in [2.75, 3.05) is 0 Å². The van der Waals surface area contributed by atoms with Gasteiger partial charge >= 0.3 is 5.97 Å². The van der Waals surface area contributed by atoms with Crippen LogP contribution < -0.4 is 0 Å². The third kappa shape index (κ3) is 5.91. The molecule has 0 unspecified atom stereocenters. The zero-order valence-electron chi connectivity index (χ0n) is 8.25. The molecule has 0 aromatic carbocycles. The maximum Gasteiger partial charge on any atom is 0.310 e. The average Bonchev–Trinajstić information content (AvgIpc) is 2.02. The number of carbonyl (C=O) groups is 1. The smallest absolute Gasteiger partial charge is 0.310 e. The summed E-state index contributed by atoms with van der Waals surface area (Å²) in [5.41, 5.74) is 0.820. The van der Waals surface area contributed by atoms with Crippen LogP contribution in [0.1, 0.15) is 20.3 Å². The van der Waals surface area contributed by atoms with E-state index in [-0.39, 0.29) is 18.5 Å². The summed E-state index contributed by atoms with van der Waals surface area (Å²) in [7, 11) is 0. The molecule has 2 heteroatoms. The molecule has 0 saturated carbocycles. The molecule has 0 amide bonds. The molecule has 0 rings (SSSR count). The van der Waals surface area contributed by atoms with Gasteiger partial charge < -0.3 is 4.74 Å². The zero-order chi connectivity index (χ0) is 10.3. The van der Waals surface area contributed by atoms with Crippen molar-refractivity contribution in [1.82, 2.24) is 0 Å². The Balaban J connectivity index is 4.09. The highest BCUT2D eigenvalue weighted by Gasteiger charge is 2.05. The van der Waals surface area contributed by atoms with Gasteiger partial charge in [0.1, 0.15) is 0 Å². The topological polar surface area (TPSA) is 26.3 Å². The van der Waals surface area contributed by atoms with Crippen LogP contribution in [0, 0.1) is 0 Å². The Bertz CT molecular complexity index is 224. The Hall–Kier alpha value is -1.31. The molecule has 0 radical (unpaired) electrons. The first-order chi connectivity index (χ1) is 6.10. The first kappa shape index (κ1) is 11.7. The Morgan fingerprint density at radius 3 is 2.46 bits per heavy atom. The normalized spacial score (nSPS) is 11.2. The van der Waals surface area contributed by atoms with Gasteiger partial charge in [0.2, 0.25) is 0 Å². The second kappa shape index (κ2) is 6.23. The number of rotatable bonds is 5. The molecule has 0 aliphatic rings. The Kier molecular flexibility index (Phi) is 5.60. The molecule has 0 atom stereocenters. The van der Waals surface area contributed by atoms with Crippen molar-refractivity contribution in [2.24, 2.45) is 0 Å². The third-order valence-electron chi connectivity index (χ3n) is 1.31. The molecule has 0 bridgehead atoms. The molecule has 0 aliphatic heterocycles. The zero-order valence-corrected chi connectivity index (χ0v) is 8.25. The molecule has 13 heavy (non-hydrogen) atoms. The van der Waals surface area contributed by atoms with Gasteiger partial charge in [-0.2, -0.15) is 0 Å². The fourth-order valence-electron chi connectivity index (χ4n) is 0.822. The number of carbonyl (C=O) groups excluding carboxylic acids is 1. The van der Waals surface area contributed by atoms with Crippen LogP contribution in [0.15, 0.2) is 37.0 Å². The molecule has 72 valence electrons. The van der Waals surface area contributed by atoms with Crippen LogP contribution in [0.4, 0.5) is 0 Å². The van der Waals surface area contributed by atoms with Crippen LogP contribution in [0.5, 0.6) is 0 Å². The minimum Gasteiger partial charge on any atom is -0.463 e. The Labute approximate surface area is 79.6 Å². The van der Waals surface area contributed by atoms with E-state index in [1.807, 2.05) is 13.8 Å². The predicted octanol–water partition coefficient (Wildman–Crippen LogP) is 2.63. The number of hydrogen-bond donors (Lipinski definition) is 0. The summed E-state index contributed by atoms with van der Waals surface area (Å²) in [4.78, 5) is 11.2. The molecule has 0 spiro atoms. The minimum absolute atomic E-state index is 0.0673. The van der Waals surface area contributed by atoms with E-state index in [1.54, 1.807) is 18.2 Å². The lowest BCUT2D eigenvalue weighted by molar-refractivity contribution is -0.146. The number of allylic oxidation sites excluding steroid dienone is 3. The van der Waals surface area contributed by atoms with Gasteiger partial charge in [-0.05, 0) is 19.4 Å². The van der Waals surface area contributed by atoms with E-state index in [0.29, 0.717) is 0 Å². The van der Waals surface area contributed by atoms with E-state index < -0.39 is 0 Å². The largest absolute Gasteiger partial charge is 0.463 e. The van der Waals surface area contributed by atoms with Crippen LogP contribution in [0.3, 0.4) is 0 Å². The SMILES string of the molecule is C=C/C=C(\C=C)CC(=O)OC(C)C. The monoisotopic (exact) mass is 180 g/mol. The molecule has 0 heterocycles. The van der Waals surface area contributed by atoms with Crippen LogP contribution in [-0.4, -0.2) is 12.1 Å². The summed E-state index contributed by atoms with van der Waals surface area (Å²) in [6, 6.07) is 0. The van der Waals surface area contributed by atoms with E-state index in [2.05, 4.69) is 13.2 Å². The molecule has 2 nitrogen and oxygen atoms in total. The van der Waals surface area contributed by atoms with Gasteiger partial charge in [0, 0.05) is 0 Å². The van der Waals surface area contributed by atoms with Gasteiger partial charge in [-0.25, -0.2) is 0 Å². The lowest BCUT2D eigenvalue weighted by Gasteiger charge is -2.07. The quantitative estimate of drug-likeness (QED) is 0.480. The summed E-state index contributed by atoms with van der Waals surface area (Å²) < 4.78 is 4.97. The highest BCUT2D eigenvalue weighted by Crippen LogP contribution is 2.05. The molecule has 0 fully saturated rings. The number of hydrogen-bond acceptors (Lipinski definition) is 2. The van der Waals surface area contributed by atoms with Crippen molar-refractivity contribution in [3.8, 4) is 0 Å². The van der Waals surface area contributed by atoms with Crippen molar-refractivity contribution < 1.29 is 9.53 Å². The second-order valence-corrected chi connectivity index (χ2v) is 2.90. The Morgan fingerprint density at radius 2 is 2.08 bits per heavy atom. The lowest BCUT2D eigenvalue weighted by Crippen LogP contribution is -2.11. The van der Waals surface area contributed by atoms with E-state index in [4.69, 9.17) is 4.74 Å². The van der Waals surface area contributed by atoms with Crippen molar-refractivity contribution in [3.05, 3.63) is 37.0 Å². The van der Waals surface area contributed by atoms with Crippen LogP contribution in [-0.2, 0) is 9.53 Å². The average molecular weight is 180 g/mol. The molecule has 0 aromatic heterocycles. The molecule has 0 saturated heterocycles. The summed E-state index contributed by atoms with van der Waals surface area (Å²) >= 11 is 0. The van der Waals surface area contributed by atoms with E-state index in [0.717, 1.165) is 5.57 Å². The van der Waals surface area contributed by atoms with Gasteiger partial charge in [-0.15, -0.1) is 0 Å². The molecular weight excluding hydrogens is 164 g/mol. The maximum atomic E-state index is 11.2. The maximum absolute atomic E-state index is 11.2. The molecular formula is C11H16O2. The van der Waals surface area contributed by atoms with Crippen molar-refractivity contribution in [3.63, 3.8) is 0 Å². The summed E-state index contributed by atoms with van der Waals surface area (Å²) in [5, 5.41) is 0. The van der Waals surface area contributed by atoms with Gasteiger partial charge in [-0.1, -0.05) is 31.4 Å². The summed E-state index contributed by atoms with van der Waals surface area (Å²) in [5.74, 6) is -0.233. The highest BCUT2D eigenvalue weighted by atomic mass is 16.5. The van der Waals surface area contributed by atoms with Gasteiger partial charge in [0.15, 0.2) is 0 Å². The van der Waals surface area contributed by atoms with E-state index >= 15 is 0 Å². The standard InChI is InChI=1S/C11H16O2/c1-5-7-10(6-2)8-11(12)13-9(3)4/h5-7,9H,1-2,8H2,3-4H3/b10-7+. The lowest BCUT2D eigenvalue weighted by atomic mass is 10.2. The van der Waals surface area contributed by atoms with E-state index in [9.17, 15) is 4.79 Å². The summed E-state index contributed by atoms with van der Waals surface area (Å²) in [6.45, 7) is 10.8. The van der Waals surface area contributed by atoms with Crippen LogP contribution in [0.25, 0.3) is 0 Å². The molecule has 0 aliphatic carbocycles. The highest BCUT2D eigenvalue weighted by molar-refractivity contribution is 5.73. The number of ether oxygens (including phenoxy) is 1. The van der Waals surface area contributed by atoms with Crippen molar-refractivity contribution in [1.29, 1.82) is 0 Å². The molecule has 0 N–H and O–H groups in total. The number of esters is 1. The van der Waals surface area contributed by atoms with Gasteiger partial charge in [0.25, 0.3) is 0 Å². The van der Waals surface area contributed by atoms with Crippen molar-refractivity contribution >= 4 is 5.97 Å². The minimum atomic E-state index is -0.233. The first-order valence-corrected chi connectivity index (χ1v) is 4.23. The fraction of sp³-hybridized carbons (Fsp3) is 0.364. The van der Waals surface area contributed by atoms with Gasteiger partial charge in [-0.3, -0.25) is 4.79 Å². The fourth-order valence-corrected chi connectivity index (χ4v) is 0.822. The van der Waals surface area contributed by atoms with Crippen LogP contribution in [0.2, 0.25) is 0 Å². The van der Waals surface area contributed by atoms with Crippen molar-refractivity contribution in [2.45, 2.75) is 26.4 Å². The van der Waals surface area contributed by atoms with E-state index in [1.165, 1.54) is 0 Å². The first-order valence-electron chi connectivity index (χ1n) is 4.23. The predicted molar refractivity (Wildman–Crippen MR) is 54.3 cm³/mol. The van der Waals surface area contributed by atoms with Crippen LogP contribution >= 0.6 is 0 Å². The van der Waals surface area contributed by atoms with Gasteiger partial charge in [0.05, 0.1) is 12.5 Å². The molecule has 0 aromatic rings. The third-order valence-corrected chi connectivity index (χ3v) is 1.31.